The number of carbonyl (C=O) groups excluding carboxylic acids is 1. The Bertz CT molecular complexity index is 718. The van der Waals surface area contributed by atoms with Crippen molar-refractivity contribution in [3.8, 4) is 0 Å². The molecule has 0 saturated heterocycles. The van der Waals surface area contributed by atoms with E-state index < -0.39 is 0 Å². The molecule has 1 N–H and O–H groups in total. The van der Waals surface area contributed by atoms with Gasteiger partial charge in [0, 0.05) is 22.3 Å². The topological polar surface area (TPSA) is 32.3 Å². The van der Waals surface area contributed by atoms with Crippen molar-refractivity contribution in [1.29, 1.82) is 0 Å². The molecular formula is C18H18Cl2N2O. The lowest BCUT2D eigenvalue weighted by Crippen LogP contribution is -2.37. The highest BCUT2D eigenvalue weighted by Crippen LogP contribution is 2.27. The summed E-state index contributed by atoms with van der Waals surface area (Å²) in [6.07, 6.45) is 1.70. The van der Waals surface area contributed by atoms with E-state index >= 15 is 0 Å². The summed E-state index contributed by atoms with van der Waals surface area (Å²) in [5.41, 5.74) is 3.32. The molecule has 0 spiro atoms. The molecule has 23 heavy (non-hydrogen) atoms. The third-order valence-electron chi connectivity index (χ3n) is 4.05. The van der Waals surface area contributed by atoms with Crippen LogP contribution in [0, 0.1) is 0 Å². The fraction of sp³-hybridized carbons (Fsp3) is 0.278. The Balaban J connectivity index is 1.49. The second kappa shape index (κ2) is 7.35. The number of halogens is 2. The molecule has 1 heterocycles. The minimum Gasteiger partial charge on any atom is -0.311 e. The van der Waals surface area contributed by atoms with Crippen molar-refractivity contribution in [3.05, 3.63) is 63.6 Å². The van der Waals surface area contributed by atoms with Gasteiger partial charge in [0.05, 0.1) is 6.54 Å². The van der Waals surface area contributed by atoms with Crippen LogP contribution >= 0.6 is 23.2 Å². The lowest BCUT2D eigenvalue weighted by atomic mass is 10.1. The highest BCUT2D eigenvalue weighted by atomic mass is 35.5. The number of nitrogens with zero attached hydrogens (tertiary/aromatic N) is 1. The van der Waals surface area contributed by atoms with Crippen LogP contribution in [0.5, 0.6) is 0 Å². The maximum atomic E-state index is 12.4. The number of anilines is 1. The van der Waals surface area contributed by atoms with E-state index in [1.807, 2.05) is 35.2 Å². The molecule has 0 aliphatic carbocycles. The van der Waals surface area contributed by atoms with Crippen molar-refractivity contribution in [2.75, 3.05) is 24.5 Å². The Morgan fingerprint density at radius 2 is 2.00 bits per heavy atom. The summed E-state index contributed by atoms with van der Waals surface area (Å²) in [5, 5.41) is 4.50. The zero-order valence-electron chi connectivity index (χ0n) is 12.7. The van der Waals surface area contributed by atoms with E-state index in [9.17, 15) is 4.79 Å². The second-order valence-corrected chi connectivity index (χ2v) is 6.43. The number of amides is 1. The standard InChI is InChI=1S/C18H18Cl2N2O/c19-15-6-5-13(16(20)11-15)7-9-21-12-18(23)22-10-8-14-3-1-2-4-17(14)22/h1-6,11,21H,7-10,12H2. The van der Waals surface area contributed by atoms with Crippen molar-refractivity contribution < 1.29 is 4.79 Å². The van der Waals surface area contributed by atoms with Gasteiger partial charge in [0.15, 0.2) is 0 Å². The van der Waals surface area contributed by atoms with E-state index in [4.69, 9.17) is 23.2 Å². The molecule has 1 aliphatic rings. The van der Waals surface area contributed by atoms with Crippen LogP contribution in [-0.4, -0.2) is 25.5 Å². The Morgan fingerprint density at radius 3 is 2.83 bits per heavy atom. The van der Waals surface area contributed by atoms with Gasteiger partial charge < -0.3 is 10.2 Å². The number of fused-ring (bicyclic) bond motifs is 1. The fourth-order valence-corrected chi connectivity index (χ4v) is 3.34. The monoisotopic (exact) mass is 348 g/mol. The summed E-state index contributed by atoms with van der Waals surface area (Å²) < 4.78 is 0. The van der Waals surface area contributed by atoms with Gasteiger partial charge >= 0.3 is 0 Å². The molecule has 5 heteroatoms. The van der Waals surface area contributed by atoms with Gasteiger partial charge in [-0.2, -0.15) is 0 Å². The third kappa shape index (κ3) is 3.86. The summed E-state index contributed by atoms with van der Waals surface area (Å²) >= 11 is 12.0. The maximum Gasteiger partial charge on any atom is 0.240 e. The largest absolute Gasteiger partial charge is 0.311 e. The van der Waals surface area contributed by atoms with Gasteiger partial charge in [-0.15, -0.1) is 0 Å². The van der Waals surface area contributed by atoms with Gasteiger partial charge in [-0.05, 0) is 48.7 Å². The summed E-state index contributed by atoms with van der Waals surface area (Å²) in [6.45, 7) is 1.80. The first-order valence-electron chi connectivity index (χ1n) is 7.68. The van der Waals surface area contributed by atoms with Crippen molar-refractivity contribution in [1.82, 2.24) is 5.32 Å². The number of para-hydroxylation sites is 1. The Kier molecular flexibility index (Phi) is 5.21. The van der Waals surface area contributed by atoms with Crippen LogP contribution in [0.15, 0.2) is 42.5 Å². The average molecular weight is 349 g/mol. The first-order chi connectivity index (χ1) is 11.1. The van der Waals surface area contributed by atoms with Crippen LogP contribution in [0.4, 0.5) is 5.69 Å². The van der Waals surface area contributed by atoms with Crippen LogP contribution in [0.2, 0.25) is 10.0 Å². The van der Waals surface area contributed by atoms with Gasteiger partial charge in [0.2, 0.25) is 5.91 Å². The minimum atomic E-state index is 0.108. The minimum absolute atomic E-state index is 0.108. The van der Waals surface area contributed by atoms with Crippen molar-refractivity contribution in [2.45, 2.75) is 12.8 Å². The van der Waals surface area contributed by atoms with Crippen LogP contribution in [0.3, 0.4) is 0 Å². The number of nitrogens with one attached hydrogen (secondary N) is 1. The summed E-state index contributed by atoms with van der Waals surface area (Å²) in [7, 11) is 0. The molecule has 1 amide bonds. The predicted octanol–water partition coefficient (Wildman–Crippen LogP) is 3.71. The van der Waals surface area contributed by atoms with E-state index in [2.05, 4.69) is 11.4 Å². The average Bonchev–Trinajstić information content (AvgIpc) is 2.97. The zero-order valence-corrected chi connectivity index (χ0v) is 14.2. The van der Waals surface area contributed by atoms with Crippen molar-refractivity contribution in [3.63, 3.8) is 0 Å². The predicted molar refractivity (Wildman–Crippen MR) is 95.5 cm³/mol. The molecule has 0 unspecified atom stereocenters. The lowest BCUT2D eigenvalue weighted by Gasteiger charge is -2.17. The number of hydrogen-bond donors (Lipinski definition) is 1. The fourth-order valence-electron chi connectivity index (χ4n) is 2.84. The highest BCUT2D eigenvalue weighted by Gasteiger charge is 2.23. The SMILES string of the molecule is O=C(CNCCc1ccc(Cl)cc1Cl)N1CCc2ccccc21. The van der Waals surface area contributed by atoms with E-state index in [1.54, 1.807) is 6.07 Å². The van der Waals surface area contributed by atoms with E-state index in [0.29, 0.717) is 23.1 Å². The van der Waals surface area contributed by atoms with Crippen LogP contribution in [0.25, 0.3) is 0 Å². The van der Waals surface area contributed by atoms with Crippen molar-refractivity contribution >= 4 is 34.8 Å². The number of carbonyl (C=O) groups is 1. The maximum absolute atomic E-state index is 12.4. The Hall–Kier alpha value is -1.55. The molecule has 2 aromatic carbocycles. The van der Waals surface area contributed by atoms with Crippen molar-refractivity contribution in [2.24, 2.45) is 0 Å². The molecule has 0 fully saturated rings. The van der Waals surface area contributed by atoms with E-state index in [1.165, 1.54) is 5.56 Å². The number of benzene rings is 2. The third-order valence-corrected chi connectivity index (χ3v) is 4.64. The Morgan fingerprint density at radius 1 is 1.17 bits per heavy atom. The van der Waals surface area contributed by atoms with Gasteiger partial charge in [-0.3, -0.25) is 4.79 Å². The van der Waals surface area contributed by atoms with Gasteiger partial charge in [-0.25, -0.2) is 0 Å². The zero-order chi connectivity index (χ0) is 16.2. The van der Waals surface area contributed by atoms with Crippen LogP contribution < -0.4 is 10.2 Å². The molecule has 0 atom stereocenters. The highest BCUT2D eigenvalue weighted by molar-refractivity contribution is 6.35. The van der Waals surface area contributed by atoms with Crippen LogP contribution in [-0.2, 0) is 17.6 Å². The first kappa shape index (κ1) is 16.3. The second-order valence-electron chi connectivity index (χ2n) is 5.59. The number of hydrogen-bond acceptors (Lipinski definition) is 2. The molecule has 0 bridgehead atoms. The summed E-state index contributed by atoms with van der Waals surface area (Å²) in [6, 6.07) is 13.6. The first-order valence-corrected chi connectivity index (χ1v) is 8.43. The van der Waals surface area contributed by atoms with Crippen LogP contribution in [0.1, 0.15) is 11.1 Å². The molecule has 0 radical (unpaired) electrons. The number of rotatable bonds is 5. The molecule has 120 valence electrons. The van der Waals surface area contributed by atoms with Gasteiger partial charge in [-0.1, -0.05) is 47.5 Å². The molecular weight excluding hydrogens is 331 g/mol. The summed E-state index contributed by atoms with van der Waals surface area (Å²) in [5.74, 6) is 0.108. The van der Waals surface area contributed by atoms with Gasteiger partial charge in [0.1, 0.15) is 0 Å². The van der Waals surface area contributed by atoms with E-state index in [-0.39, 0.29) is 5.91 Å². The molecule has 0 aromatic heterocycles. The van der Waals surface area contributed by atoms with Gasteiger partial charge in [0.25, 0.3) is 0 Å². The smallest absolute Gasteiger partial charge is 0.240 e. The Labute approximate surface area is 146 Å². The molecule has 0 saturated carbocycles. The lowest BCUT2D eigenvalue weighted by molar-refractivity contribution is -0.117. The molecule has 2 aromatic rings. The molecule has 1 aliphatic heterocycles. The quantitative estimate of drug-likeness (QED) is 0.835. The molecule has 3 nitrogen and oxygen atoms in total. The molecule has 3 rings (SSSR count). The van der Waals surface area contributed by atoms with E-state index in [0.717, 1.165) is 30.6 Å². The normalized spacial score (nSPS) is 13.2. The summed E-state index contributed by atoms with van der Waals surface area (Å²) in [4.78, 5) is 14.2.